The number of carbonyl (C=O) groups excluding carboxylic acids is 1. The van der Waals surface area contributed by atoms with E-state index in [1.54, 1.807) is 0 Å². The van der Waals surface area contributed by atoms with Gasteiger partial charge in [0.15, 0.2) is 11.6 Å². The van der Waals surface area contributed by atoms with Crippen LogP contribution in [0.5, 0.6) is 5.75 Å². The van der Waals surface area contributed by atoms with Gasteiger partial charge in [-0.15, -0.1) is 0 Å². The molecule has 0 radical (unpaired) electrons. The maximum absolute atomic E-state index is 13.2. The number of benzene rings is 1. The van der Waals surface area contributed by atoms with E-state index in [4.69, 9.17) is 10.8 Å². The Morgan fingerprint density at radius 2 is 2.12 bits per heavy atom. The molecule has 0 aliphatic carbocycles. The van der Waals surface area contributed by atoms with E-state index in [1.165, 1.54) is 0 Å². The van der Waals surface area contributed by atoms with Gasteiger partial charge in [0, 0.05) is 6.42 Å². The Hall–Kier alpha value is -1.69. The number of ether oxygens (including phenoxy) is 1. The van der Waals surface area contributed by atoms with Crippen LogP contribution in [0, 0.1) is 11.6 Å². The number of phenols is 1. The average molecular weight is 231 g/mol. The minimum absolute atomic E-state index is 0.0896. The lowest BCUT2D eigenvalue weighted by Crippen LogP contribution is -2.34. The molecule has 1 aromatic carbocycles. The number of phenolic OH excluding ortho intramolecular Hbond substituents is 1. The summed E-state index contributed by atoms with van der Waals surface area (Å²) in [5.74, 6) is -4.06. The van der Waals surface area contributed by atoms with Gasteiger partial charge in [0.25, 0.3) is 0 Å². The van der Waals surface area contributed by atoms with Gasteiger partial charge in [-0.2, -0.15) is 4.39 Å². The number of methoxy groups -OCH3 is 1. The first kappa shape index (κ1) is 12.4. The molecule has 0 spiro atoms. The van der Waals surface area contributed by atoms with Crippen molar-refractivity contribution in [1.82, 2.24) is 0 Å². The molecule has 0 aromatic heterocycles. The minimum Gasteiger partial charge on any atom is -0.505 e. The van der Waals surface area contributed by atoms with Crippen LogP contribution < -0.4 is 5.73 Å². The second-order valence-corrected chi connectivity index (χ2v) is 3.21. The Morgan fingerprint density at radius 3 is 2.69 bits per heavy atom. The van der Waals surface area contributed by atoms with Gasteiger partial charge in [-0.25, -0.2) is 4.39 Å². The summed E-state index contributed by atoms with van der Waals surface area (Å²) >= 11 is 0. The Bertz CT molecular complexity index is 409. The molecule has 4 nitrogen and oxygen atoms in total. The third-order valence-electron chi connectivity index (χ3n) is 2.09. The first-order valence-electron chi connectivity index (χ1n) is 4.46. The summed E-state index contributed by atoms with van der Waals surface area (Å²) < 4.78 is 30.5. The maximum atomic E-state index is 13.2. The standard InChI is InChI=1S/C10H11F2NO3/c1-16-10(15)6(13)4-5-2-3-7(14)9(12)8(5)11/h2-3,6,14H,4,13H2,1H3/t6-/m0/s1. The highest BCUT2D eigenvalue weighted by molar-refractivity contribution is 5.75. The van der Waals surface area contributed by atoms with Crippen LogP contribution in [-0.2, 0) is 16.0 Å². The van der Waals surface area contributed by atoms with Crippen molar-refractivity contribution >= 4 is 5.97 Å². The van der Waals surface area contributed by atoms with Crippen LogP contribution in [0.3, 0.4) is 0 Å². The lowest BCUT2D eigenvalue weighted by atomic mass is 10.1. The van der Waals surface area contributed by atoms with E-state index >= 15 is 0 Å². The van der Waals surface area contributed by atoms with E-state index in [-0.39, 0.29) is 12.0 Å². The van der Waals surface area contributed by atoms with E-state index in [1.807, 2.05) is 0 Å². The van der Waals surface area contributed by atoms with Gasteiger partial charge in [-0.1, -0.05) is 6.07 Å². The zero-order chi connectivity index (χ0) is 12.3. The largest absolute Gasteiger partial charge is 0.505 e. The van der Waals surface area contributed by atoms with E-state index < -0.39 is 29.4 Å². The summed E-state index contributed by atoms with van der Waals surface area (Å²) in [6.45, 7) is 0. The smallest absolute Gasteiger partial charge is 0.322 e. The molecule has 0 heterocycles. The van der Waals surface area contributed by atoms with E-state index in [0.717, 1.165) is 19.2 Å². The van der Waals surface area contributed by atoms with Gasteiger partial charge in [-0.05, 0) is 11.6 Å². The first-order valence-corrected chi connectivity index (χ1v) is 4.46. The van der Waals surface area contributed by atoms with E-state index in [2.05, 4.69) is 4.74 Å². The number of hydrogen-bond acceptors (Lipinski definition) is 4. The molecular formula is C10H11F2NO3. The molecule has 88 valence electrons. The number of halogens is 2. The van der Waals surface area contributed by atoms with Gasteiger partial charge >= 0.3 is 5.97 Å². The van der Waals surface area contributed by atoms with Crippen molar-refractivity contribution in [3.05, 3.63) is 29.3 Å². The van der Waals surface area contributed by atoms with Crippen molar-refractivity contribution in [1.29, 1.82) is 0 Å². The summed E-state index contributed by atoms with van der Waals surface area (Å²) in [4.78, 5) is 11.0. The Morgan fingerprint density at radius 1 is 1.50 bits per heavy atom. The van der Waals surface area contributed by atoms with Crippen molar-refractivity contribution in [3.8, 4) is 5.75 Å². The van der Waals surface area contributed by atoms with Crippen LogP contribution in [0.1, 0.15) is 5.56 Å². The fraction of sp³-hybridized carbons (Fsp3) is 0.300. The van der Waals surface area contributed by atoms with Crippen molar-refractivity contribution < 1.29 is 23.4 Å². The zero-order valence-corrected chi connectivity index (χ0v) is 8.54. The summed E-state index contributed by atoms with van der Waals surface area (Å²) in [5, 5.41) is 8.88. The Kier molecular flexibility index (Phi) is 3.78. The van der Waals surface area contributed by atoms with Gasteiger partial charge in [-0.3, -0.25) is 4.79 Å². The molecule has 0 bridgehead atoms. The molecule has 0 amide bonds. The average Bonchev–Trinajstić information content (AvgIpc) is 2.28. The molecule has 0 unspecified atom stereocenters. The van der Waals surface area contributed by atoms with Gasteiger partial charge in [0.1, 0.15) is 6.04 Å². The highest BCUT2D eigenvalue weighted by Crippen LogP contribution is 2.21. The lowest BCUT2D eigenvalue weighted by Gasteiger charge is -2.10. The summed E-state index contributed by atoms with van der Waals surface area (Å²) in [6, 6.07) is 1.09. The van der Waals surface area contributed by atoms with Crippen LogP contribution in [0.2, 0.25) is 0 Å². The highest BCUT2D eigenvalue weighted by Gasteiger charge is 2.19. The second kappa shape index (κ2) is 4.89. The Labute approximate surface area is 90.6 Å². The topological polar surface area (TPSA) is 72.5 Å². The fourth-order valence-electron chi connectivity index (χ4n) is 1.21. The predicted octanol–water partition coefficient (Wildman–Crippen LogP) is 0.713. The normalized spacial score (nSPS) is 12.2. The van der Waals surface area contributed by atoms with Gasteiger partial charge < -0.3 is 15.6 Å². The monoisotopic (exact) mass is 231 g/mol. The number of aromatic hydroxyl groups is 1. The number of nitrogens with two attached hydrogens (primary N) is 1. The molecule has 0 saturated carbocycles. The second-order valence-electron chi connectivity index (χ2n) is 3.21. The van der Waals surface area contributed by atoms with Crippen LogP contribution in [0.25, 0.3) is 0 Å². The van der Waals surface area contributed by atoms with Gasteiger partial charge in [0.05, 0.1) is 7.11 Å². The van der Waals surface area contributed by atoms with Crippen LogP contribution in [0.15, 0.2) is 12.1 Å². The fourth-order valence-corrected chi connectivity index (χ4v) is 1.21. The Balaban J connectivity index is 2.90. The van der Waals surface area contributed by atoms with Gasteiger partial charge in [0.2, 0.25) is 5.82 Å². The zero-order valence-electron chi connectivity index (χ0n) is 8.54. The van der Waals surface area contributed by atoms with Crippen LogP contribution in [-0.4, -0.2) is 24.2 Å². The quantitative estimate of drug-likeness (QED) is 0.751. The number of carbonyl (C=O) groups is 1. The molecule has 0 aliphatic heterocycles. The highest BCUT2D eigenvalue weighted by atomic mass is 19.2. The van der Waals surface area contributed by atoms with Crippen molar-refractivity contribution in [2.75, 3.05) is 7.11 Å². The minimum atomic E-state index is -1.35. The molecule has 3 N–H and O–H groups in total. The third kappa shape index (κ3) is 2.46. The molecule has 6 heteroatoms. The van der Waals surface area contributed by atoms with E-state index in [0.29, 0.717) is 0 Å². The molecule has 0 saturated heterocycles. The summed E-state index contributed by atoms with van der Waals surface area (Å²) in [7, 11) is 1.15. The molecule has 0 fully saturated rings. The molecule has 0 aliphatic rings. The molecular weight excluding hydrogens is 220 g/mol. The molecule has 1 rings (SSSR count). The van der Waals surface area contributed by atoms with Crippen molar-refractivity contribution in [2.24, 2.45) is 5.73 Å². The maximum Gasteiger partial charge on any atom is 0.322 e. The lowest BCUT2D eigenvalue weighted by molar-refractivity contribution is -0.142. The SMILES string of the molecule is COC(=O)[C@@H](N)Cc1ccc(O)c(F)c1F. The molecule has 1 atom stereocenters. The third-order valence-corrected chi connectivity index (χ3v) is 2.09. The molecule has 1 aromatic rings. The summed E-state index contributed by atoms with van der Waals surface area (Å²) in [6.07, 6.45) is -0.199. The van der Waals surface area contributed by atoms with Crippen molar-refractivity contribution in [3.63, 3.8) is 0 Å². The van der Waals surface area contributed by atoms with Crippen LogP contribution >= 0.6 is 0 Å². The number of hydrogen-bond donors (Lipinski definition) is 2. The van der Waals surface area contributed by atoms with Crippen LogP contribution in [0.4, 0.5) is 8.78 Å². The summed E-state index contributed by atoms with van der Waals surface area (Å²) in [5.41, 5.74) is 5.30. The number of rotatable bonds is 3. The van der Waals surface area contributed by atoms with Crippen molar-refractivity contribution in [2.45, 2.75) is 12.5 Å². The number of esters is 1. The first-order chi connectivity index (χ1) is 7.47. The predicted molar refractivity (Wildman–Crippen MR) is 51.7 cm³/mol. The van der Waals surface area contributed by atoms with E-state index in [9.17, 15) is 13.6 Å². The molecule has 16 heavy (non-hydrogen) atoms.